The van der Waals surface area contributed by atoms with E-state index in [0.29, 0.717) is 25.3 Å². The minimum atomic E-state index is -0.603. The Morgan fingerprint density at radius 1 is 1.14 bits per heavy atom. The van der Waals surface area contributed by atoms with Crippen LogP contribution in [0.15, 0.2) is 42.5 Å². The van der Waals surface area contributed by atoms with Crippen molar-refractivity contribution in [1.82, 2.24) is 15.1 Å². The summed E-state index contributed by atoms with van der Waals surface area (Å²) < 4.78 is 19.9. The van der Waals surface area contributed by atoms with E-state index in [1.807, 2.05) is 49.0 Å². The summed E-state index contributed by atoms with van der Waals surface area (Å²) in [5, 5.41) is 2.95. The summed E-state index contributed by atoms with van der Waals surface area (Å²) in [5.74, 6) is 0.414. The molecule has 0 spiro atoms. The van der Waals surface area contributed by atoms with Crippen LogP contribution >= 0.6 is 0 Å². The number of halogens is 1. The Hall–Kier alpha value is -2.93. The number of benzene rings is 2. The molecule has 2 amide bonds. The lowest BCUT2D eigenvalue weighted by molar-refractivity contribution is -0.137. The second-order valence-corrected chi connectivity index (χ2v) is 10.2. The zero-order valence-corrected chi connectivity index (χ0v) is 21.6. The number of nitrogens with one attached hydrogen (secondary N) is 1. The van der Waals surface area contributed by atoms with Gasteiger partial charge in [0.25, 0.3) is 5.91 Å². The normalized spacial score (nSPS) is 18.7. The Kier molecular flexibility index (Phi) is 8.62. The Bertz CT molecular complexity index is 1050. The average Bonchev–Trinajstić information content (AvgIpc) is 3.41. The highest BCUT2D eigenvalue weighted by molar-refractivity contribution is 5.81. The van der Waals surface area contributed by atoms with Gasteiger partial charge in [-0.1, -0.05) is 38.0 Å². The largest absolute Gasteiger partial charge is 0.481 e. The second-order valence-electron chi connectivity index (χ2n) is 10.2. The molecule has 4 rings (SSSR count). The molecular formula is C29H38FN3O3. The molecule has 1 fully saturated rings. The van der Waals surface area contributed by atoms with Gasteiger partial charge in [-0.15, -0.1) is 0 Å². The van der Waals surface area contributed by atoms with Crippen LogP contribution in [0.2, 0.25) is 0 Å². The van der Waals surface area contributed by atoms with E-state index in [2.05, 4.69) is 5.32 Å². The molecule has 36 heavy (non-hydrogen) atoms. The smallest absolute Gasteiger partial charge is 0.261 e. The van der Waals surface area contributed by atoms with Gasteiger partial charge in [0, 0.05) is 25.6 Å². The van der Waals surface area contributed by atoms with E-state index in [4.69, 9.17) is 4.74 Å². The number of hydrogen-bond donors (Lipinski definition) is 1. The maximum absolute atomic E-state index is 13.8. The summed E-state index contributed by atoms with van der Waals surface area (Å²) in [6, 6.07) is 12.0. The number of nitrogens with zero attached hydrogens (tertiary/aromatic N) is 2. The molecule has 1 aliphatic carbocycles. The van der Waals surface area contributed by atoms with E-state index in [1.54, 1.807) is 12.1 Å². The highest BCUT2D eigenvalue weighted by Crippen LogP contribution is 2.40. The predicted octanol–water partition coefficient (Wildman–Crippen LogP) is 4.33. The van der Waals surface area contributed by atoms with E-state index >= 15 is 0 Å². The molecule has 1 aliphatic heterocycles. The molecule has 2 aromatic rings. The van der Waals surface area contributed by atoms with Gasteiger partial charge in [0.15, 0.2) is 6.10 Å². The van der Waals surface area contributed by atoms with Crippen molar-refractivity contribution in [2.45, 2.75) is 57.6 Å². The van der Waals surface area contributed by atoms with Gasteiger partial charge < -0.3 is 19.9 Å². The van der Waals surface area contributed by atoms with Crippen molar-refractivity contribution in [2.24, 2.45) is 5.92 Å². The highest BCUT2D eigenvalue weighted by Gasteiger charge is 2.36. The maximum atomic E-state index is 13.8. The van der Waals surface area contributed by atoms with E-state index in [0.717, 1.165) is 55.3 Å². The zero-order valence-electron chi connectivity index (χ0n) is 21.6. The Morgan fingerprint density at radius 3 is 2.53 bits per heavy atom. The van der Waals surface area contributed by atoms with Crippen molar-refractivity contribution in [2.75, 3.05) is 33.7 Å². The summed E-state index contributed by atoms with van der Waals surface area (Å²) in [4.78, 5) is 30.3. The van der Waals surface area contributed by atoms with E-state index in [1.165, 1.54) is 12.1 Å². The first-order chi connectivity index (χ1) is 17.4. The van der Waals surface area contributed by atoms with Gasteiger partial charge in [0.2, 0.25) is 5.91 Å². The molecule has 2 aromatic carbocycles. The Morgan fingerprint density at radius 2 is 1.86 bits per heavy atom. The summed E-state index contributed by atoms with van der Waals surface area (Å²) in [6.45, 7) is 3.88. The topological polar surface area (TPSA) is 61.9 Å². The van der Waals surface area contributed by atoms with Gasteiger partial charge in [-0.3, -0.25) is 9.59 Å². The molecule has 6 nitrogen and oxygen atoms in total. The fourth-order valence-corrected chi connectivity index (χ4v) is 5.32. The summed E-state index contributed by atoms with van der Waals surface area (Å²) in [5.41, 5.74) is 3.02. The fraction of sp³-hybridized carbons (Fsp3) is 0.517. The number of fused-ring (bicyclic) bond motifs is 1. The third-order valence-electron chi connectivity index (χ3n) is 7.32. The minimum absolute atomic E-state index is 0.0595. The summed E-state index contributed by atoms with van der Waals surface area (Å²) in [6.07, 6.45) is 4.75. The predicted molar refractivity (Wildman–Crippen MR) is 138 cm³/mol. The first kappa shape index (κ1) is 26.1. The first-order valence-electron chi connectivity index (χ1n) is 13.1. The van der Waals surface area contributed by atoms with Crippen LogP contribution < -0.4 is 10.1 Å². The highest BCUT2D eigenvalue weighted by atomic mass is 19.1. The van der Waals surface area contributed by atoms with Gasteiger partial charge in [-0.05, 0) is 80.7 Å². The first-order valence-corrected chi connectivity index (χ1v) is 13.1. The quantitative estimate of drug-likeness (QED) is 0.563. The van der Waals surface area contributed by atoms with Gasteiger partial charge in [-0.25, -0.2) is 4.39 Å². The Labute approximate surface area is 213 Å². The van der Waals surface area contributed by atoms with Crippen LogP contribution in [0.25, 0.3) is 0 Å². The molecule has 0 aromatic heterocycles. The number of rotatable bonds is 9. The van der Waals surface area contributed by atoms with Gasteiger partial charge in [0.05, 0.1) is 6.04 Å². The molecule has 0 bridgehead atoms. The van der Waals surface area contributed by atoms with Crippen LogP contribution in [-0.2, 0) is 16.0 Å². The number of hydrogen-bond acceptors (Lipinski definition) is 4. The molecule has 2 atom stereocenters. The van der Waals surface area contributed by atoms with Crippen molar-refractivity contribution >= 4 is 11.8 Å². The maximum Gasteiger partial charge on any atom is 0.261 e. The summed E-state index contributed by atoms with van der Waals surface area (Å²) in [7, 11) is 3.93. The molecule has 194 valence electrons. The molecule has 7 heteroatoms. The van der Waals surface area contributed by atoms with Crippen LogP contribution in [0.1, 0.15) is 61.8 Å². The molecular weight excluding hydrogens is 457 g/mol. The molecule has 1 saturated carbocycles. The standard InChI is InChI=1S/C29H38FN3O3/c1-4-26(28(34)31-16-18-32(2)3)36-24-14-11-20-15-17-33(29(35)22-7-5-6-8-22)27(25(20)19-24)21-9-12-23(30)13-10-21/h9-14,19,22,26-27H,4-8,15-18H2,1-3H3,(H,31,34)/t26-,27+/m0/s1. The van der Waals surface area contributed by atoms with Crippen LogP contribution in [0.4, 0.5) is 4.39 Å². The van der Waals surface area contributed by atoms with Crippen molar-refractivity contribution in [3.63, 3.8) is 0 Å². The number of carbonyl (C=O) groups excluding carboxylic acids is 2. The monoisotopic (exact) mass is 495 g/mol. The molecule has 2 aliphatic rings. The van der Waals surface area contributed by atoms with Crippen LogP contribution in [0, 0.1) is 11.7 Å². The van der Waals surface area contributed by atoms with Crippen molar-refractivity contribution < 1.29 is 18.7 Å². The van der Waals surface area contributed by atoms with Crippen LogP contribution in [0.3, 0.4) is 0 Å². The number of amides is 2. The third kappa shape index (κ3) is 6.06. The zero-order chi connectivity index (χ0) is 25.7. The molecule has 0 radical (unpaired) electrons. The third-order valence-corrected chi connectivity index (χ3v) is 7.32. The summed E-state index contributed by atoms with van der Waals surface area (Å²) >= 11 is 0. The number of ether oxygens (including phenoxy) is 1. The van der Waals surface area contributed by atoms with Gasteiger partial charge in [0.1, 0.15) is 11.6 Å². The molecule has 0 unspecified atom stereocenters. The van der Waals surface area contributed by atoms with Crippen molar-refractivity contribution in [1.29, 1.82) is 0 Å². The van der Waals surface area contributed by atoms with Crippen LogP contribution in [0.5, 0.6) is 5.75 Å². The number of likely N-dealkylation sites (N-methyl/N-ethyl adjacent to an activating group) is 1. The number of carbonyl (C=O) groups is 2. The van der Waals surface area contributed by atoms with Gasteiger partial charge >= 0.3 is 0 Å². The molecule has 1 heterocycles. The lowest BCUT2D eigenvalue weighted by Gasteiger charge is -2.39. The lowest BCUT2D eigenvalue weighted by Crippen LogP contribution is -2.43. The minimum Gasteiger partial charge on any atom is -0.481 e. The average molecular weight is 496 g/mol. The molecule has 0 saturated heterocycles. The SMILES string of the molecule is CC[C@H](Oc1ccc2c(c1)[C@@H](c1ccc(F)cc1)N(C(=O)C1CCCC1)CC2)C(=O)NCCN(C)C. The van der Waals surface area contributed by atoms with Gasteiger partial charge in [-0.2, -0.15) is 0 Å². The fourth-order valence-electron chi connectivity index (χ4n) is 5.32. The second kappa shape index (κ2) is 11.9. The van der Waals surface area contributed by atoms with Crippen molar-refractivity contribution in [3.05, 3.63) is 65.0 Å². The Balaban J connectivity index is 1.61. The lowest BCUT2D eigenvalue weighted by atomic mass is 9.87. The molecule has 1 N–H and O–H groups in total. The van der Waals surface area contributed by atoms with E-state index in [9.17, 15) is 14.0 Å². The van der Waals surface area contributed by atoms with E-state index < -0.39 is 6.10 Å². The van der Waals surface area contributed by atoms with Crippen LogP contribution in [-0.4, -0.2) is 61.4 Å². The van der Waals surface area contributed by atoms with E-state index in [-0.39, 0.29) is 29.6 Å². The van der Waals surface area contributed by atoms with Crippen molar-refractivity contribution in [3.8, 4) is 5.75 Å².